The van der Waals surface area contributed by atoms with Gasteiger partial charge in [-0.15, -0.1) is 0 Å². The summed E-state index contributed by atoms with van der Waals surface area (Å²) in [5.41, 5.74) is 2.72. The van der Waals surface area contributed by atoms with E-state index in [0.29, 0.717) is 5.92 Å². The van der Waals surface area contributed by atoms with Crippen molar-refractivity contribution < 1.29 is 5.11 Å². The molecule has 0 spiro atoms. The van der Waals surface area contributed by atoms with Crippen LogP contribution in [0.15, 0.2) is 24.3 Å². The van der Waals surface area contributed by atoms with Crippen molar-refractivity contribution in [3.05, 3.63) is 35.4 Å². The molecule has 0 aromatic heterocycles. The Morgan fingerprint density at radius 1 is 1.19 bits per heavy atom. The Kier molecular flexibility index (Phi) is 5.50. The molecule has 1 aromatic rings. The van der Waals surface area contributed by atoms with Crippen molar-refractivity contribution in [1.82, 2.24) is 4.90 Å². The van der Waals surface area contributed by atoms with Crippen molar-refractivity contribution in [2.45, 2.75) is 26.2 Å². The third kappa shape index (κ3) is 4.33. The zero-order valence-electron chi connectivity index (χ0n) is 10.6. The number of nitrogens with zero attached hydrogens (tertiary/aromatic N) is 1. The molecule has 0 amide bonds. The Morgan fingerprint density at radius 3 is 2.38 bits per heavy atom. The van der Waals surface area contributed by atoms with E-state index in [0.717, 1.165) is 19.5 Å². The molecule has 1 atom stereocenters. The molecule has 0 heterocycles. The van der Waals surface area contributed by atoms with Gasteiger partial charge in [-0.3, -0.25) is 0 Å². The molecule has 0 fully saturated rings. The second kappa shape index (κ2) is 6.66. The Hall–Kier alpha value is -0.860. The van der Waals surface area contributed by atoms with Crippen LogP contribution in [0.4, 0.5) is 0 Å². The highest BCUT2D eigenvalue weighted by Gasteiger charge is 2.06. The highest BCUT2D eigenvalue weighted by Crippen LogP contribution is 2.19. The molecule has 0 aliphatic rings. The van der Waals surface area contributed by atoms with E-state index in [2.05, 4.69) is 50.1 Å². The van der Waals surface area contributed by atoms with Crippen LogP contribution in [0, 0.1) is 6.92 Å². The first kappa shape index (κ1) is 13.2. The van der Waals surface area contributed by atoms with Crippen molar-refractivity contribution in [2.24, 2.45) is 0 Å². The molecule has 0 radical (unpaired) electrons. The lowest BCUT2D eigenvalue weighted by Crippen LogP contribution is -2.24. The number of aryl methyl sites for hydroxylation is 1. The van der Waals surface area contributed by atoms with Crippen LogP contribution in [0.5, 0.6) is 0 Å². The average molecular weight is 221 g/mol. The van der Waals surface area contributed by atoms with Gasteiger partial charge in [0.1, 0.15) is 0 Å². The van der Waals surface area contributed by atoms with Crippen molar-refractivity contribution in [2.75, 3.05) is 26.7 Å². The molecule has 0 bridgehead atoms. The van der Waals surface area contributed by atoms with Gasteiger partial charge in [0.05, 0.1) is 6.61 Å². The maximum Gasteiger partial charge on any atom is 0.0558 e. The molecule has 2 heteroatoms. The Balaban J connectivity index is 2.40. The summed E-state index contributed by atoms with van der Waals surface area (Å²) in [6.45, 7) is 6.42. The molecule has 1 N–H and O–H groups in total. The van der Waals surface area contributed by atoms with Gasteiger partial charge in [0.25, 0.3) is 0 Å². The standard InChI is InChI=1S/C14H23NO/c1-12-4-6-14(7-5-12)13(2)8-9-15(3)10-11-16/h4-7,13,16H,8-11H2,1-3H3. The number of aliphatic hydroxyl groups excluding tert-OH is 1. The van der Waals surface area contributed by atoms with Gasteiger partial charge in [-0.05, 0) is 38.4 Å². The Bertz CT molecular complexity index is 294. The van der Waals surface area contributed by atoms with Crippen molar-refractivity contribution >= 4 is 0 Å². The molecule has 1 rings (SSSR count). The van der Waals surface area contributed by atoms with Gasteiger partial charge < -0.3 is 10.0 Å². The second-order valence-electron chi connectivity index (χ2n) is 4.63. The fourth-order valence-corrected chi connectivity index (χ4v) is 1.76. The minimum absolute atomic E-state index is 0.245. The predicted octanol–water partition coefficient (Wildman–Crippen LogP) is 2.41. The molecule has 0 saturated carbocycles. The van der Waals surface area contributed by atoms with Gasteiger partial charge in [0.2, 0.25) is 0 Å². The normalized spacial score (nSPS) is 13.1. The number of hydrogen-bond donors (Lipinski definition) is 1. The van der Waals surface area contributed by atoms with Gasteiger partial charge in [0, 0.05) is 6.54 Å². The second-order valence-corrected chi connectivity index (χ2v) is 4.63. The molecular weight excluding hydrogens is 198 g/mol. The Labute approximate surface area is 98.9 Å². The van der Waals surface area contributed by atoms with E-state index in [1.54, 1.807) is 0 Å². The quantitative estimate of drug-likeness (QED) is 0.797. The molecule has 90 valence electrons. The Morgan fingerprint density at radius 2 is 1.81 bits per heavy atom. The SMILES string of the molecule is Cc1ccc(C(C)CCN(C)CCO)cc1. The summed E-state index contributed by atoms with van der Waals surface area (Å²) in [4.78, 5) is 2.17. The first-order valence-electron chi connectivity index (χ1n) is 5.99. The highest BCUT2D eigenvalue weighted by molar-refractivity contribution is 5.23. The molecule has 0 saturated heterocycles. The minimum atomic E-state index is 0.245. The maximum atomic E-state index is 8.81. The fourth-order valence-electron chi connectivity index (χ4n) is 1.76. The van der Waals surface area contributed by atoms with Crippen LogP contribution in [-0.4, -0.2) is 36.8 Å². The van der Waals surface area contributed by atoms with Gasteiger partial charge in [-0.25, -0.2) is 0 Å². The lowest BCUT2D eigenvalue weighted by molar-refractivity contribution is 0.218. The lowest BCUT2D eigenvalue weighted by atomic mass is 9.97. The summed E-state index contributed by atoms with van der Waals surface area (Å²) in [6.07, 6.45) is 1.14. The molecule has 0 aliphatic heterocycles. The van der Waals surface area contributed by atoms with E-state index < -0.39 is 0 Å². The minimum Gasteiger partial charge on any atom is -0.395 e. The third-order valence-electron chi connectivity index (χ3n) is 3.07. The monoisotopic (exact) mass is 221 g/mol. The van der Waals surface area contributed by atoms with Crippen LogP contribution >= 0.6 is 0 Å². The fraction of sp³-hybridized carbons (Fsp3) is 0.571. The van der Waals surface area contributed by atoms with Crippen LogP contribution < -0.4 is 0 Å². The van der Waals surface area contributed by atoms with E-state index in [1.165, 1.54) is 11.1 Å². The van der Waals surface area contributed by atoms with Gasteiger partial charge in [-0.2, -0.15) is 0 Å². The number of rotatable bonds is 6. The number of benzene rings is 1. The van der Waals surface area contributed by atoms with Crippen molar-refractivity contribution in [3.63, 3.8) is 0 Å². The largest absolute Gasteiger partial charge is 0.395 e. The molecule has 0 aliphatic carbocycles. The summed E-state index contributed by atoms with van der Waals surface area (Å²) in [5.74, 6) is 0.585. The first-order valence-corrected chi connectivity index (χ1v) is 5.99. The van der Waals surface area contributed by atoms with Crippen molar-refractivity contribution in [3.8, 4) is 0 Å². The van der Waals surface area contributed by atoms with E-state index in [4.69, 9.17) is 5.11 Å². The number of aliphatic hydroxyl groups is 1. The molecule has 2 nitrogen and oxygen atoms in total. The van der Waals surface area contributed by atoms with Crippen LogP contribution in [0.3, 0.4) is 0 Å². The predicted molar refractivity (Wildman–Crippen MR) is 68.8 cm³/mol. The molecule has 16 heavy (non-hydrogen) atoms. The average Bonchev–Trinajstić information content (AvgIpc) is 2.27. The summed E-state index contributed by atoms with van der Waals surface area (Å²) in [7, 11) is 2.05. The van der Waals surface area contributed by atoms with Gasteiger partial charge in [0.15, 0.2) is 0 Å². The number of likely N-dealkylation sites (N-methyl/N-ethyl adjacent to an activating group) is 1. The van der Waals surface area contributed by atoms with Gasteiger partial charge >= 0.3 is 0 Å². The smallest absolute Gasteiger partial charge is 0.0558 e. The maximum absolute atomic E-state index is 8.81. The summed E-state index contributed by atoms with van der Waals surface area (Å²) in [6, 6.07) is 8.77. The third-order valence-corrected chi connectivity index (χ3v) is 3.07. The van der Waals surface area contributed by atoms with E-state index in [9.17, 15) is 0 Å². The topological polar surface area (TPSA) is 23.5 Å². The van der Waals surface area contributed by atoms with Crippen LogP contribution in [0.25, 0.3) is 0 Å². The van der Waals surface area contributed by atoms with E-state index in [1.807, 2.05) is 0 Å². The van der Waals surface area contributed by atoms with Crippen LogP contribution in [0.1, 0.15) is 30.4 Å². The molecule has 1 unspecified atom stereocenters. The highest BCUT2D eigenvalue weighted by atomic mass is 16.3. The lowest BCUT2D eigenvalue weighted by Gasteiger charge is -2.18. The summed E-state index contributed by atoms with van der Waals surface area (Å²) in [5, 5.41) is 8.81. The van der Waals surface area contributed by atoms with Crippen molar-refractivity contribution in [1.29, 1.82) is 0 Å². The first-order chi connectivity index (χ1) is 7.63. The molecular formula is C14H23NO. The van der Waals surface area contributed by atoms with E-state index in [-0.39, 0.29) is 6.61 Å². The molecule has 1 aromatic carbocycles. The number of hydrogen-bond acceptors (Lipinski definition) is 2. The van der Waals surface area contributed by atoms with Gasteiger partial charge in [-0.1, -0.05) is 36.8 Å². The van der Waals surface area contributed by atoms with Crippen LogP contribution in [0.2, 0.25) is 0 Å². The van der Waals surface area contributed by atoms with E-state index >= 15 is 0 Å². The van der Waals surface area contributed by atoms with Crippen LogP contribution in [-0.2, 0) is 0 Å². The summed E-state index contributed by atoms with van der Waals surface area (Å²) >= 11 is 0. The summed E-state index contributed by atoms with van der Waals surface area (Å²) < 4.78 is 0. The zero-order valence-corrected chi connectivity index (χ0v) is 10.6. The zero-order chi connectivity index (χ0) is 12.0.